The Kier molecular flexibility index (Phi) is 2.71. The second kappa shape index (κ2) is 3.78. The predicted octanol–water partition coefficient (Wildman–Crippen LogP) is 0.189. The molecule has 1 aromatic rings. The molecule has 0 saturated carbocycles. The van der Waals surface area contributed by atoms with Crippen molar-refractivity contribution in [3.63, 3.8) is 0 Å². The third kappa shape index (κ3) is 1.66. The normalized spacial score (nSPS) is 9.50. The Morgan fingerprint density at radius 2 is 2.14 bits per heavy atom. The zero-order chi connectivity index (χ0) is 10.7. The van der Waals surface area contributed by atoms with Gasteiger partial charge in [-0.2, -0.15) is 0 Å². The van der Waals surface area contributed by atoms with Crippen molar-refractivity contribution in [2.75, 3.05) is 12.8 Å². The molecule has 0 saturated heterocycles. The molecule has 1 aromatic carbocycles. The van der Waals surface area contributed by atoms with Crippen molar-refractivity contribution in [1.82, 2.24) is 0 Å². The lowest BCUT2D eigenvalue weighted by Crippen LogP contribution is -2.14. The number of benzene rings is 1. The molecule has 4 N–H and O–H groups in total. The molecule has 1 amide bonds. The van der Waals surface area contributed by atoms with Crippen LogP contribution in [-0.4, -0.2) is 19.3 Å². The first-order chi connectivity index (χ1) is 6.60. The molecule has 0 aliphatic heterocycles. The van der Waals surface area contributed by atoms with Gasteiger partial charge in [0.15, 0.2) is 6.29 Å². The third-order valence-corrected chi connectivity index (χ3v) is 1.79. The Labute approximate surface area is 80.6 Å². The molecule has 0 atom stereocenters. The van der Waals surface area contributed by atoms with E-state index in [2.05, 4.69) is 0 Å². The van der Waals surface area contributed by atoms with Crippen molar-refractivity contribution in [3.8, 4) is 5.75 Å². The highest BCUT2D eigenvalue weighted by atomic mass is 16.5. The Bertz CT molecular complexity index is 388. The molecule has 5 heteroatoms. The number of nitrogen functional groups attached to an aromatic ring is 1. The molecule has 74 valence electrons. The van der Waals surface area contributed by atoms with Crippen LogP contribution in [0.15, 0.2) is 12.1 Å². The number of primary amides is 1. The van der Waals surface area contributed by atoms with Gasteiger partial charge in [-0.05, 0) is 12.1 Å². The number of amides is 1. The number of anilines is 1. The van der Waals surface area contributed by atoms with Gasteiger partial charge in [0.1, 0.15) is 5.75 Å². The SMILES string of the molecule is COc1cc(C(N)=O)c(N)cc1C=O. The average Bonchev–Trinajstić information content (AvgIpc) is 2.16. The van der Waals surface area contributed by atoms with Gasteiger partial charge in [-0.15, -0.1) is 0 Å². The molecule has 14 heavy (non-hydrogen) atoms. The lowest BCUT2D eigenvalue weighted by molar-refractivity contribution is 0.0999. The highest BCUT2D eigenvalue weighted by Crippen LogP contribution is 2.23. The average molecular weight is 194 g/mol. The summed E-state index contributed by atoms with van der Waals surface area (Å²) in [7, 11) is 1.39. The molecule has 0 aliphatic rings. The predicted molar refractivity (Wildman–Crippen MR) is 51.3 cm³/mol. The largest absolute Gasteiger partial charge is 0.496 e. The molecule has 1 rings (SSSR count). The van der Waals surface area contributed by atoms with Crippen molar-refractivity contribution in [2.45, 2.75) is 0 Å². The number of nitrogens with two attached hydrogens (primary N) is 2. The highest BCUT2D eigenvalue weighted by Gasteiger charge is 2.11. The first-order valence-electron chi connectivity index (χ1n) is 3.82. The van der Waals surface area contributed by atoms with Crippen LogP contribution < -0.4 is 16.2 Å². The van der Waals surface area contributed by atoms with Gasteiger partial charge in [-0.3, -0.25) is 9.59 Å². The van der Waals surface area contributed by atoms with Gasteiger partial charge in [-0.1, -0.05) is 0 Å². The second-order valence-corrected chi connectivity index (χ2v) is 2.66. The summed E-state index contributed by atoms with van der Waals surface area (Å²) in [5.74, 6) is -0.374. The number of methoxy groups -OCH3 is 1. The van der Waals surface area contributed by atoms with Gasteiger partial charge >= 0.3 is 0 Å². The summed E-state index contributed by atoms with van der Waals surface area (Å²) in [5.41, 5.74) is 11.2. The van der Waals surface area contributed by atoms with Crippen LogP contribution in [0.5, 0.6) is 5.75 Å². The molecule has 5 nitrogen and oxygen atoms in total. The van der Waals surface area contributed by atoms with Gasteiger partial charge in [0, 0.05) is 5.69 Å². The van der Waals surface area contributed by atoms with Crippen molar-refractivity contribution in [1.29, 1.82) is 0 Å². The summed E-state index contributed by atoms with van der Waals surface area (Å²) in [6, 6.07) is 2.70. The fourth-order valence-electron chi connectivity index (χ4n) is 1.10. The van der Waals surface area contributed by atoms with E-state index in [0.29, 0.717) is 6.29 Å². The van der Waals surface area contributed by atoms with Crippen LogP contribution >= 0.6 is 0 Å². The summed E-state index contributed by atoms with van der Waals surface area (Å²) in [6.07, 6.45) is 0.597. The summed E-state index contributed by atoms with van der Waals surface area (Å²) in [6.45, 7) is 0. The number of hydrogen-bond acceptors (Lipinski definition) is 4. The summed E-state index contributed by atoms with van der Waals surface area (Å²) < 4.78 is 4.89. The van der Waals surface area contributed by atoms with E-state index in [1.54, 1.807) is 0 Å². The van der Waals surface area contributed by atoms with E-state index in [-0.39, 0.29) is 22.6 Å². The minimum atomic E-state index is -0.654. The summed E-state index contributed by atoms with van der Waals surface area (Å²) in [5, 5.41) is 0. The molecule has 0 fully saturated rings. The summed E-state index contributed by atoms with van der Waals surface area (Å²) >= 11 is 0. The topological polar surface area (TPSA) is 95.4 Å². The smallest absolute Gasteiger partial charge is 0.250 e. The van der Waals surface area contributed by atoms with Gasteiger partial charge in [0.2, 0.25) is 0 Å². The first kappa shape index (κ1) is 10.0. The zero-order valence-corrected chi connectivity index (χ0v) is 7.61. The maximum Gasteiger partial charge on any atom is 0.250 e. The van der Waals surface area contributed by atoms with Gasteiger partial charge in [0.05, 0.1) is 18.2 Å². The molecule has 0 unspecified atom stereocenters. The molecular formula is C9H10N2O3. The lowest BCUT2D eigenvalue weighted by Gasteiger charge is -2.07. The monoisotopic (exact) mass is 194 g/mol. The lowest BCUT2D eigenvalue weighted by atomic mass is 10.1. The van der Waals surface area contributed by atoms with Gasteiger partial charge < -0.3 is 16.2 Å². The number of hydrogen-bond donors (Lipinski definition) is 2. The molecular weight excluding hydrogens is 184 g/mol. The molecule has 0 radical (unpaired) electrons. The van der Waals surface area contributed by atoms with E-state index < -0.39 is 5.91 Å². The fourth-order valence-corrected chi connectivity index (χ4v) is 1.10. The number of carbonyl (C=O) groups excluding carboxylic acids is 2. The number of carbonyl (C=O) groups is 2. The minimum Gasteiger partial charge on any atom is -0.496 e. The minimum absolute atomic E-state index is 0.146. The van der Waals surface area contributed by atoms with E-state index in [4.69, 9.17) is 16.2 Å². The Morgan fingerprint density at radius 1 is 1.50 bits per heavy atom. The van der Waals surface area contributed by atoms with Crippen molar-refractivity contribution >= 4 is 17.9 Å². The zero-order valence-electron chi connectivity index (χ0n) is 7.61. The van der Waals surface area contributed by atoms with Crippen molar-refractivity contribution < 1.29 is 14.3 Å². The van der Waals surface area contributed by atoms with Crippen molar-refractivity contribution in [3.05, 3.63) is 23.3 Å². The quantitative estimate of drug-likeness (QED) is 0.530. The van der Waals surface area contributed by atoms with E-state index >= 15 is 0 Å². The van der Waals surface area contributed by atoms with Crippen molar-refractivity contribution in [2.24, 2.45) is 5.73 Å². The van der Waals surface area contributed by atoms with Crippen LogP contribution in [0.2, 0.25) is 0 Å². The second-order valence-electron chi connectivity index (χ2n) is 2.66. The van der Waals surface area contributed by atoms with Gasteiger partial charge in [-0.25, -0.2) is 0 Å². The van der Waals surface area contributed by atoms with Crippen LogP contribution in [-0.2, 0) is 0 Å². The number of ether oxygens (including phenoxy) is 1. The van der Waals surface area contributed by atoms with Crippen LogP contribution in [0.3, 0.4) is 0 Å². The molecule has 0 bridgehead atoms. The third-order valence-electron chi connectivity index (χ3n) is 1.79. The van der Waals surface area contributed by atoms with Crippen LogP contribution in [0.25, 0.3) is 0 Å². The van der Waals surface area contributed by atoms with Gasteiger partial charge in [0.25, 0.3) is 5.91 Å². The molecule has 0 heterocycles. The van der Waals surface area contributed by atoms with E-state index in [1.165, 1.54) is 19.2 Å². The van der Waals surface area contributed by atoms with Crippen LogP contribution in [0, 0.1) is 0 Å². The van der Waals surface area contributed by atoms with E-state index in [9.17, 15) is 9.59 Å². The van der Waals surface area contributed by atoms with E-state index in [0.717, 1.165) is 0 Å². The van der Waals surface area contributed by atoms with Crippen LogP contribution in [0.1, 0.15) is 20.7 Å². The molecule has 0 spiro atoms. The van der Waals surface area contributed by atoms with Crippen LogP contribution in [0.4, 0.5) is 5.69 Å². The molecule has 0 aliphatic carbocycles. The number of aldehydes is 1. The summed E-state index contributed by atoms with van der Waals surface area (Å²) in [4.78, 5) is 21.5. The maximum absolute atomic E-state index is 10.9. The Balaban J connectivity index is 3.37. The Hall–Kier alpha value is -2.04. The Morgan fingerprint density at radius 3 is 2.57 bits per heavy atom. The number of rotatable bonds is 3. The molecule has 0 aromatic heterocycles. The highest BCUT2D eigenvalue weighted by molar-refractivity contribution is 6.00. The first-order valence-corrected chi connectivity index (χ1v) is 3.82. The maximum atomic E-state index is 10.9. The van der Waals surface area contributed by atoms with E-state index in [1.807, 2.05) is 0 Å². The standard InChI is InChI=1S/C9H10N2O3/c1-14-8-3-6(9(11)13)7(10)2-5(8)4-12/h2-4H,10H2,1H3,(H2,11,13). The fraction of sp³-hybridized carbons (Fsp3) is 0.111.